The molecule has 0 bridgehead atoms. The molecule has 28 heavy (non-hydrogen) atoms. The second-order valence-corrected chi connectivity index (χ2v) is 6.92. The van der Waals surface area contributed by atoms with Gasteiger partial charge < -0.3 is 25.5 Å². The third-order valence-corrected chi connectivity index (χ3v) is 5.14. The number of nitro benzene ring substituents is 1. The lowest BCUT2D eigenvalue weighted by Crippen LogP contribution is -2.18. The topological polar surface area (TPSA) is 130 Å². The van der Waals surface area contributed by atoms with Gasteiger partial charge in [0.05, 0.1) is 35.1 Å². The first-order valence-corrected chi connectivity index (χ1v) is 8.98. The average molecular weight is 384 g/mol. The highest BCUT2D eigenvalue weighted by molar-refractivity contribution is 6.36. The highest BCUT2D eigenvalue weighted by Gasteiger charge is 2.34. The van der Waals surface area contributed by atoms with Crippen molar-refractivity contribution in [2.24, 2.45) is 0 Å². The fourth-order valence-electron chi connectivity index (χ4n) is 3.81. The predicted molar refractivity (Wildman–Crippen MR) is 104 cm³/mol. The monoisotopic (exact) mass is 384 g/mol. The lowest BCUT2D eigenvalue weighted by atomic mass is 10.0. The van der Waals surface area contributed by atoms with E-state index in [0.29, 0.717) is 47.5 Å². The van der Waals surface area contributed by atoms with Gasteiger partial charge >= 0.3 is 0 Å². The summed E-state index contributed by atoms with van der Waals surface area (Å²) in [6.07, 6.45) is 4.73. The number of H-pyrrole nitrogens is 1. The number of methoxy groups -OCH3 is 1. The Bertz CT molecular complexity index is 981. The number of hydrogen-bond donors (Lipinski definition) is 4. The number of anilines is 2. The first kappa shape index (κ1) is 18.1. The van der Waals surface area contributed by atoms with E-state index in [0.717, 1.165) is 0 Å². The number of hydrogen-bond acceptors (Lipinski definition) is 6. The Morgan fingerprint density at radius 2 is 2.18 bits per heavy atom. The largest absolute Gasteiger partial charge is 0.495 e. The van der Waals surface area contributed by atoms with Crippen molar-refractivity contribution in [2.45, 2.75) is 31.4 Å². The SMILES string of the molecule is COc1cc[nH]c1/C=C1\C(=O)Nc2ccc([N+](=O)[O-])c(N[C@H]3CC[C@H](O)C3)c21. The van der Waals surface area contributed by atoms with Gasteiger partial charge in [-0.1, -0.05) is 0 Å². The Labute approximate surface area is 160 Å². The van der Waals surface area contributed by atoms with E-state index in [4.69, 9.17) is 4.74 Å². The van der Waals surface area contributed by atoms with Crippen LogP contribution in [0.2, 0.25) is 0 Å². The summed E-state index contributed by atoms with van der Waals surface area (Å²) < 4.78 is 5.27. The first-order valence-electron chi connectivity index (χ1n) is 8.98. The number of aliphatic hydroxyl groups is 1. The molecule has 0 spiro atoms. The smallest absolute Gasteiger partial charge is 0.293 e. The minimum Gasteiger partial charge on any atom is -0.495 e. The zero-order valence-corrected chi connectivity index (χ0v) is 15.2. The molecule has 1 aromatic carbocycles. The first-order chi connectivity index (χ1) is 13.5. The van der Waals surface area contributed by atoms with Crippen LogP contribution in [-0.2, 0) is 4.79 Å². The molecule has 1 saturated carbocycles. The van der Waals surface area contributed by atoms with Crippen LogP contribution in [0.25, 0.3) is 11.6 Å². The molecular weight excluding hydrogens is 364 g/mol. The number of nitrogens with one attached hydrogen (secondary N) is 3. The molecule has 1 amide bonds. The number of benzene rings is 1. The van der Waals surface area contributed by atoms with Gasteiger partial charge in [0.15, 0.2) is 0 Å². The van der Waals surface area contributed by atoms with Gasteiger partial charge in [0, 0.05) is 23.9 Å². The quantitative estimate of drug-likeness (QED) is 0.356. The maximum Gasteiger partial charge on any atom is 0.293 e. The fourth-order valence-corrected chi connectivity index (χ4v) is 3.81. The van der Waals surface area contributed by atoms with Crippen molar-refractivity contribution in [1.82, 2.24) is 4.98 Å². The Kier molecular flexibility index (Phi) is 4.52. The number of nitro groups is 1. The number of nitrogens with zero attached hydrogens (tertiary/aromatic N) is 1. The van der Waals surface area contributed by atoms with E-state index < -0.39 is 11.0 Å². The Morgan fingerprint density at radius 3 is 2.86 bits per heavy atom. The lowest BCUT2D eigenvalue weighted by molar-refractivity contribution is -0.384. The molecule has 2 heterocycles. The highest BCUT2D eigenvalue weighted by atomic mass is 16.6. The van der Waals surface area contributed by atoms with Crippen LogP contribution < -0.4 is 15.4 Å². The van der Waals surface area contributed by atoms with E-state index in [-0.39, 0.29) is 23.3 Å². The Hall–Kier alpha value is -3.33. The minimum atomic E-state index is -0.469. The van der Waals surface area contributed by atoms with E-state index in [2.05, 4.69) is 15.6 Å². The summed E-state index contributed by atoms with van der Waals surface area (Å²) in [5.41, 5.74) is 2.04. The van der Waals surface area contributed by atoms with Crippen molar-refractivity contribution in [3.05, 3.63) is 45.8 Å². The van der Waals surface area contributed by atoms with E-state index in [1.807, 2.05) is 0 Å². The van der Waals surface area contributed by atoms with Gasteiger partial charge in [-0.25, -0.2) is 0 Å². The number of aromatic amines is 1. The van der Waals surface area contributed by atoms with Crippen LogP contribution in [0.3, 0.4) is 0 Å². The molecule has 1 aromatic heterocycles. The van der Waals surface area contributed by atoms with Crippen molar-refractivity contribution in [3.63, 3.8) is 0 Å². The second-order valence-electron chi connectivity index (χ2n) is 6.92. The second kappa shape index (κ2) is 7.01. The summed E-state index contributed by atoms with van der Waals surface area (Å²) in [7, 11) is 1.52. The van der Waals surface area contributed by atoms with Crippen LogP contribution >= 0.6 is 0 Å². The number of fused-ring (bicyclic) bond motifs is 1. The summed E-state index contributed by atoms with van der Waals surface area (Å²) in [5.74, 6) is 0.217. The molecule has 146 valence electrons. The summed E-state index contributed by atoms with van der Waals surface area (Å²) in [6.45, 7) is 0. The number of amides is 1. The van der Waals surface area contributed by atoms with Gasteiger partial charge in [-0.05, 0) is 37.5 Å². The van der Waals surface area contributed by atoms with Crippen LogP contribution in [-0.4, -0.2) is 40.2 Å². The fraction of sp³-hybridized carbons (Fsp3) is 0.316. The average Bonchev–Trinajstić information content (AvgIpc) is 3.35. The molecule has 0 radical (unpaired) electrons. The van der Waals surface area contributed by atoms with Gasteiger partial charge in [0.2, 0.25) is 0 Å². The molecule has 1 fully saturated rings. The van der Waals surface area contributed by atoms with Gasteiger partial charge in [-0.2, -0.15) is 0 Å². The summed E-state index contributed by atoms with van der Waals surface area (Å²) in [5, 5.41) is 27.4. The van der Waals surface area contributed by atoms with Crippen molar-refractivity contribution < 1.29 is 19.6 Å². The van der Waals surface area contributed by atoms with Gasteiger partial charge in [-0.15, -0.1) is 0 Å². The maximum atomic E-state index is 12.6. The molecule has 1 aliphatic carbocycles. The summed E-state index contributed by atoms with van der Waals surface area (Å²) in [4.78, 5) is 26.8. The van der Waals surface area contributed by atoms with E-state index in [9.17, 15) is 20.0 Å². The molecule has 2 aliphatic rings. The molecule has 9 nitrogen and oxygen atoms in total. The molecule has 4 N–H and O–H groups in total. The van der Waals surface area contributed by atoms with Crippen LogP contribution in [0.4, 0.5) is 17.1 Å². The zero-order valence-electron chi connectivity index (χ0n) is 15.2. The van der Waals surface area contributed by atoms with E-state index in [1.54, 1.807) is 18.3 Å². The number of carbonyl (C=O) groups excluding carboxylic acids is 1. The molecule has 4 rings (SSSR count). The molecule has 0 saturated heterocycles. The van der Waals surface area contributed by atoms with E-state index in [1.165, 1.54) is 19.2 Å². The van der Waals surface area contributed by atoms with Crippen molar-refractivity contribution >= 4 is 34.6 Å². The molecule has 0 unspecified atom stereocenters. The van der Waals surface area contributed by atoms with Crippen LogP contribution in [0.5, 0.6) is 5.75 Å². The van der Waals surface area contributed by atoms with E-state index >= 15 is 0 Å². The van der Waals surface area contributed by atoms with Gasteiger partial charge in [0.25, 0.3) is 11.6 Å². The third-order valence-electron chi connectivity index (χ3n) is 5.14. The van der Waals surface area contributed by atoms with Crippen LogP contribution in [0, 0.1) is 10.1 Å². The highest BCUT2D eigenvalue weighted by Crippen LogP contribution is 2.44. The maximum absolute atomic E-state index is 12.6. The standard InChI is InChI=1S/C19H20N4O5/c1-28-16-6-7-20-14(16)9-12-17-13(22-19(12)25)4-5-15(23(26)27)18(17)21-10-2-3-11(24)8-10/h4-7,9-11,20-21,24H,2-3,8H2,1H3,(H,22,25)/b12-9-/t10-,11-/m0/s1. The molecular formula is C19H20N4O5. The summed E-state index contributed by atoms with van der Waals surface area (Å²) in [6, 6.07) is 4.54. The third kappa shape index (κ3) is 3.09. The van der Waals surface area contributed by atoms with Crippen molar-refractivity contribution in [1.29, 1.82) is 0 Å². The van der Waals surface area contributed by atoms with Gasteiger partial charge in [-0.3, -0.25) is 14.9 Å². The minimum absolute atomic E-state index is 0.0998. The molecule has 2 atom stereocenters. The normalized spacial score (nSPS) is 22.2. The number of rotatable bonds is 5. The molecule has 9 heteroatoms. The summed E-state index contributed by atoms with van der Waals surface area (Å²) >= 11 is 0. The number of carbonyl (C=O) groups is 1. The number of ether oxygens (including phenoxy) is 1. The Balaban J connectivity index is 1.83. The molecule has 2 aromatic rings. The van der Waals surface area contributed by atoms with Crippen molar-refractivity contribution in [2.75, 3.05) is 17.7 Å². The number of aromatic nitrogens is 1. The number of aliphatic hydroxyl groups excluding tert-OH is 1. The zero-order chi connectivity index (χ0) is 19.8. The lowest BCUT2D eigenvalue weighted by Gasteiger charge is -2.17. The predicted octanol–water partition coefficient (Wildman–Crippen LogP) is 2.75. The van der Waals surface area contributed by atoms with Gasteiger partial charge in [0.1, 0.15) is 11.4 Å². The van der Waals surface area contributed by atoms with Crippen LogP contribution in [0.1, 0.15) is 30.5 Å². The van der Waals surface area contributed by atoms with Crippen LogP contribution in [0.15, 0.2) is 24.4 Å². The molecule has 1 aliphatic heterocycles. The van der Waals surface area contributed by atoms with Crippen molar-refractivity contribution in [3.8, 4) is 5.75 Å². The Morgan fingerprint density at radius 1 is 1.36 bits per heavy atom.